The summed E-state index contributed by atoms with van der Waals surface area (Å²) >= 11 is 0. The van der Waals surface area contributed by atoms with Gasteiger partial charge in [-0.3, -0.25) is 14.5 Å². The molecule has 13 heteroatoms. The molecule has 2 atom stereocenters. The van der Waals surface area contributed by atoms with Crippen LogP contribution >= 0.6 is 0 Å². The first-order valence-electron chi connectivity index (χ1n) is 17.2. The Hall–Kier alpha value is -5.01. The molecular formula is C38H44N6O6S. The van der Waals surface area contributed by atoms with Crippen molar-refractivity contribution in [1.29, 1.82) is 0 Å². The Labute approximate surface area is 298 Å². The molecule has 2 saturated heterocycles. The number of H-pyrrole nitrogens is 1. The van der Waals surface area contributed by atoms with Gasteiger partial charge in [-0.25, -0.2) is 18.2 Å². The van der Waals surface area contributed by atoms with E-state index >= 15 is 0 Å². The molecule has 4 aromatic rings. The Bertz CT molecular complexity index is 1940. The maximum Gasteiger partial charge on any atom is 0.407 e. The number of rotatable bonds is 10. The van der Waals surface area contributed by atoms with Gasteiger partial charge in [0.05, 0.1) is 36.5 Å². The molecule has 3 amide bonds. The summed E-state index contributed by atoms with van der Waals surface area (Å²) in [5, 5.41) is 5.63. The van der Waals surface area contributed by atoms with Crippen LogP contribution in [-0.4, -0.2) is 90.4 Å². The van der Waals surface area contributed by atoms with Gasteiger partial charge in [0.1, 0.15) is 11.9 Å². The number of amides is 3. The lowest BCUT2D eigenvalue weighted by molar-refractivity contribution is -0.135. The highest BCUT2D eigenvalue weighted by atomic mass is 32.2. The molecule has 3 aromatic carbocycles. The van der Waals surface area contributed by atoms with Crippen molar-refractivity contribution in [2.75, 3.05) is 43.6 Å². The molecule has 2 fully saturated rings. The van der Waals surface area contributed by atoms with Crippen molar-refractivity contribution >= 4 is 33.4 Å². The van der Waals surface area contributed by atoms with E-state index in [0.717, 1.165) is 40.8 Å². The number of carbonyl (C=O) groups is 3. The number of likely N-dealkylation sites (tertiary alicyclic amines) is 1. The molecule has 6 rings (SSSR count). The molecule has 0 bridgehead atoms. The van der Waals surface area contributed by atoms with Gasteiger partial charge in [-0.05, 0) is 65.3 Å². The number of aromatic amines is 1. The van der Waals surface area contributed by atoms with Crippen molar-refractivity contribution in [2.24, 2.45) is 5.92 Å². The van der Waals surface area contributed by atoms with Crippen molar-refractivity contribution in [3.8, 4) is 22.4 Å². The van der Waals surface area contributed by atoms with E-state index in [9.17, 15) is 22.8 Å². The van der Waals surface area contributed by atoms with Crippen LogP contribution in [-0.2, 0) is 25.9 Å². The summed E-state index contributed by atoms with van der Waals surface area (Å²) in [5.74, 6) is 0.643. The third kappa shape index (κ3) is 8.66. The van der Waals surface area contributed by atoms with Crippen LogP contribution in [0.1, 0.15) is 54.5 Å². The number of hydrogen-bond donors (Lipinski definition) is 3. The summed E-state index contributed by atoms with van der Waals surface area (Å²) in [6.45, 7) is 6.12. The number of aromatic nitrogens is 2. The van der Waals surface area contributed by atoms with Crippen LogP contribution < -0.4 is 10.6 Å². The number of imidazole rings is 1. The fourth-order valence-corrected chi connectivity index (χ4v) is 7.84. The molecule has 0 radical (unpaired) electrons. The fraction of sp³-hybridized carbons (Fsp3) is 0.368. The van der Waals surface area contributed by atoms with E-state index < -0.39 is 22.0 Å². The monoisotopic (exact) mass is 712 g/mol. The molecule has 0 unspecified atom stereocenters. The average molecular weight is 713 g/mol. The summed E-state index contributed by atoms with van der Waals surface area (Å²) in [7, 11) is -1.63. The Morgan fingerprint density at radius 2 is 1.53 bits per heavy atom. The second-order valence-electron chi connectivity index (χ2n) is 13.5. The van der Waals surface area contributed by atoms with E-state index in [2.05, 4.69) is 25.5 Å². The minimum absolute atomic E-state index is 0.107. The first kappa shape index (κ1) is 35.8. The van der Waals surface area contributed by atoms with Crippen LogP contribution in [0.5, 0.6) is 0 Å². The predicted octanol–water partition coefficient (Wildman–Crippen LogP) is 5.27. The van der Waals surface area contributed by atoms with Crippen molar-refractivity contribution in [3.05, 3.63) is 95.9 Å². The average Bonchev–Trinajstić information content (AvgIpc) is 3.83. The van der Waals surface area contributed by atoms with E-state index in [4.69, 9.17) is 4.74 Å². The fourth-order valence-electron chi connectivity index (χ4n) is 6.57. The number of nitrogens with one attached hydrogen (secondary N) is 3. The molecular weight excluding hydrogens is 669 g/mol. The van der Waals surface area contributed by atoms with Gasteiger partial charge in [0, 0.05) is 37.4 Å². The summed E-state index contributed by atoms with van der Waals surface area (Å²) in [4.78, 5) is 50.3. The number of nitrogens with zero attached hydrogens (tertiary/aromatic N) is 3. The van der Waals surface area contributed by atoms with Crippen LogP contribution in [0.2, 0.25) is 0 Å². The highest BCUT2D eigenvalue weighted by Crippen LogP contribution is 2.33. The summed E-state index contributed by atoms with van der Waals surface area (Å²) in [6, 6.07) is 22.2. The molecule has 2 aliphatic rings. The standard InChI is InChI=1S/C38H44N6O6S/c1-25(2)34(42-38(47)50-3)37(46)44-18-4-5-33(44)35-39-23-32(41-35)29-12-8-27(9-13-29)28-10-14-30(15-11-28)36(45)40-31-16-6-26(7-17-31)24-43-19-21-51(48,49)22-20-43/h6-17,23,25,33-34H,4-5,18-22,24H2,1-3H3,(H,39,41)(H,40,45)(H,42,47)/t33-,34-/m1/s1. The largest absolute Gasteiger partial charge is 0.453 e. The third-order valence-electron chi connectivity index (χ3n) is 9.57. The molecule has 3 heterocycles. The maximum atomic E-state index is 13.5. The number of hydrogen-bond acceptors (Lipinski definition) is 8. The minimum Gasteiger partial charge on any atom is -0.453 e. The first-order valence-corrected chi connectivity index (χ1v) is 19.1. The number of sulfone groups is 1. The first-order chi connectivity index (χ1) is 24.5. The molecule has 0 spiro atoms. The Morgan fingerprint density at radius 1 is 0.902 bits per heavy atom. The van der Waals surface area contributed by atoms with Gasteiger partial charge >= 0.3 is 6.09 Å². The number of carbonyl (C=O) groups excluding carboxylic acids is 3. The van der Waals surface area contributed by atoms with Gasteiger partial charge < -0.3 is 25.3 Å². The maximum absolute atomic E-state index is 13.5. The van der Waals surface area contributed by atoms with E-state index in [1.807, 2.05) is 74.5 Å². The zero-order chi connectivity index (χ0) is 36.1. The minimum atomic E-state index is -2.91. The van der Waals surface area contributed by atoms with E-state index in [1.165, 1.54) is 7.11 Å². The lowest BCUT2D eigenvalue weighted by Crippen LogP contribution is -2.51. The smallest absolute Gasteiger partial charge is 0.407 e. The van der Waals surface area contributed by atoms with E-state index in [-0.39, 0.29) is 35.3 Å². The number of methoxy groups -OCH3 is 1. The zero-order valence-electron chi connectivity index (χ0n) is 29.1. The summed E-state index contributed by atoms with van der Waals surface area (Å²) < 4.78 is 28.1. The molecule has 3 N–H and O–H groups in total. The highest BCUT2D eigenvalue weighted by molar-refractivity contribution is 7.91. The third-order valence-corrected chi connectivity index (χ3v) is 11.2. The second-order valence-corrected chi connectivity index (χ2v) is 15.8. The molecule has 268 valence electrons. The van der Waals surface area contributed by atoms with Crippen molar-refractivity contribution in [3.63, 3.8) is 0 Å². The van der Waals surface area contributed by atoms with Gasteiger partial charge in [0.15, 0.2) is 9.84 Å². The van der Waals surface area contributed by atoms with Crippen LogP contribution in [0, 0.1) is 5.92 Å². The number of alkyl carbamates (subject to hydrolysis) is 1. The predicted molar refractivity (Wildman–Crippen MR) is 196 cm³/mol. The summed E-state index contributed by atoms with van der Waals surface area (Å²) in [5.41, 5.74) is 6.05. The van der Waals surface area contributed by atoms with Crippen LogP contribution in [0.3, 0.4) is 0 Å². The highest BCUT2D eigenvalue weighted by Gasteiger charge is 2.37. The Balaban J connectivity index is 1.05. The SMILES string of the molecule is COC(=O)N[C@@H](C(=O)N1CCC[C@@H]1c1ncc(-c2ccc(-c3ccc(C(=O)Nc4ccc(CN5CCS(=O)(=O)CC5)cc4)cc3)cc2)[nH]1)C(C)C. The lowest BCUT2D eigenvalue weighted by atomic mass is 10.0. The molecule has 12 nitrogen and oxygen atoms in total. The van der Waals surface area contributed by atoms with Crippen LogP contribution in [0.4, 0.5) is 10.5 Å². The van der Waals surface area contributed by atoms with Gasteiger partial charge in [0.2, 0.25) is 5.91 Å². The zero-order valence-corrected chi connectivity index (χ0v) is 29.9. The lowest BCUT2D eigenvalue weighted by Gasteiger charge is -2.30. The normalized spacial score (nSPS) is 18.0. The van der Waals surface area contributed by atoms with Crippen molar-refractivity contribution in [2.45, 2.75) is 45.3 Å². The molecule has 51 heavy (non-hydrogen) atoms. The Morgan fingerprint density at radius 3 is 2.16 bits per heavy atom. The van der Waals surface area contributed by atoms with Crippen LogP contribution in [0.25, 0.3) is 22.4 Å². The second kappa shape index (κ2) is 15.5. The number of benzene rings is 3. The van der Waals surface area contributed by atoms with Crippen LogP contribution in [0.15, 0.2) is 79.0 Å². The number of anilines is 1. The molecule has 0 saturated carbocycles. The number of ether oxygens (including phenoxy) is 1. The topological polar surface area (TPSA) is 154 Å². The molecule has 1 aromatic heterocycles. The summed E-state index contributed by atoms with van der Waals surface area (Å²) in [6.07, 6.45) is 2.77. The van der Waals surface area contributed by atoms with Gasteiger partial charge in [-0.1, -0.05) is 62.4 Å². The van der Waals surface area contributed by atoms with E-state index in [0.29, 0.717) is 43.3 Å². The van der Waals surface area contributed by atoms with Gasteiger partial charge in [0.25, 0.3) is 5.91 Å². The van der Waals surface area contributed by atoms with Crippen molar-refractivity contribution in [1.82, 2.24) is 25.1 Å². The quantitative estimate of drug-likeness (QED) is 0.201. The van der Waals surface area contributed by atoms with Gasteiger partial charge in [-0.15, -0.1) is 0 Å². The van der Waals surface area contributed by atoms with E-state index in [1.54, 1.807) is 23.2 Å². The van der Waals surface area contributed by atoms with Gasteiger partial charge in [-0.2, -0.15) is 0 Å². The molecule has 0 aliphatic carbocycles. The molecule has 2 aliphatic heterocycles. The Kier molecular flexibility index (Phi) is 10.9. The van der Waals surface area contributed by atoms with Crippen molar-refractivity contribution < 1.29 is 27.5 Å².